The van der Waals surface area contributed by atoms with E-state index in [0.717, 1.165) is 12.8 Å². The average Bonchev–Trinajstić information content (AvgIpc) is 3.25. The van der Waals surface area contributed by atoms with Crippen LogP contribution in [0.2, 0.25) is 0 Å². The van der Waals surface area contributed by atoms with E-state index in [0.29, 0.717) is 23.9 Å². The number of carbonyl (C=O) groups is 2. The largest absolute Gasteiger partial charge is 0.497 e. The molecule has 0 heterocycles. The second-order valence-corrected chi connectivity index (χ2v) is 4.82. The predicted molar refractivity (Wildman–Crippen MR) is 73.4 cm³/mol. The Kier molecular flexibility index (Phi) is 4.45. The molecule has 2 rings (SSSR count). The first-order valence-electron chi connectivity index (χ1n) is 6.47. The van der Waals surface area contributed by atoms with Gasteiger partial charge in [-0.2, -0.15) is 0 Å². The number of esters is 1. The van der Waals surface area contributed by atoms with E-state index < -0.39 is 5.97 Å². The van der Waals surface area contributed by atoms with Crippen LogP contribution in [0, 0.1) is 5.92 Å². The summed E-state index contributed by atoms with van der Waals surface area (Å²) in [6.45, 7) is 0.366. The molecule has 0 aliphatic heterocycles. The summed E-state index contributed by atoms with van der Waals surface area (Å²) >= 11 is 0. The maximum absolute atomic E-state index is 11.8. The molecule has 1 aliphatic carbocycles. The molecule has 1 amide bonds. The zero-order valence-corrected chi connectivity index (χ0v) is 11.3. The van der Waals surface area contributed by atoms with E-state index >= 15 is 0 Å². The minimum atomic E-state index is -0.600. The standard InChI is InChI=1S/C14H18N2O4/c1-19-12-5-10(4-11(15)6-12)14(18)20-8-13(17)16-7-9-2-3-9/h4-6,9H,2-3,7-8,15H2,1H3,(H,16,17). The lowest BCUT2D eigenvalue weighted by Gasteiger charge is -2.08. The highest BCUT2D eigenvalue weighted by molar-refractivity contribution is 5.92. The van der Waals surface area contributed by atoms with Gasteiger partial charge in [0.15, 0.2) is 6.61 Å². The van der Waals surface area contributed by atoms with Crippen molar-refractivity contribution in [2.45, 2.75) is 12.8 Å². The molecule has 0 saturated heterocycles. The summed E-state index contributed by atoms with van der Waals surface area (Å²) in [6, 6.07) is 4.59. The molecule has 6 nitrogen and oxygen atoms in total. The summed E-state index contributed by atoms with van der Waals surface area (Å²) in [6.07, 6.45) is 2.31. The van der Waals surface area contributed by atoms with Gasteiger partial charge in [0.05, 0.1) is 12.7 Å². The molecule has 0 aromatic heterocycles. The maximum Gasteiger partial charge on any atom is 0.338 e. The first kappa shape index (κ1) is 14.2. The summed E-state index contributed by atoms with van der Waals surface area (Å²) in [5.74, 6) is 0.168. The van der Waals surface area contributed by atoms with Crippen LogP contribution in [0.25, 0.3) is 0 Å². The van der Waals surface area contributed by atoms with Gasteiger partial charge >= 0.3 is 5.97 Å². The van der Waals surface area contributed by atoms with Crippen molar-refractivity contribution in [2.24, 2.45) is 5.92 Å². The quantitative estimate of drug-likeness (QED) is 0.597. The molecule has 0 atom stereocenters. The number of benzene rings is 1. The van der Waals surface area contributed by atoms with Crippen LogP contribution in [0.1, 0.15) is 23.2 Å². The van der Waals surface area contributed by atoms with Gasteiger partial charge in [0.25, 0.3) is 5.91 Å². The van der Waals surface area contributed by atoms with Crippen molar-refractivity contribution in [1.29, 1.82) is 0 Å². The Morgan fingerprint density at radius 3 is 2.75 bits per heavy atom. The molecule has 1 aliphatic rings. The lowest BCUT2D eigenvalue weighted by atomic mass is 10.2. The fourth-order valence-electron chi connectivity index (χ4n) is 1.70. The molecule has 0 bridgehead atoms. The van der Waals surface area contributed by atoms with Gasteiger partial charge in [0, 0.05) is 18.3 Å². The first-order chi connectivity index (χ1) is 9.58. The first-order valence-corrected chi connectivity index (χ1v) is 6.47. The van der Waals surface area contributed by atoms with Crippen molar-refractivity contribution in [3.63, 3.8) is 0 Å². The van der Waals surface area contributed by atoms with E-state index in [2.05, 4.69) is 5.32 Å². The van der Waals surface area contributed by atoms with Crippen molar-refractivity contribution in [1.82, 2.24) is 5.32 Å². The Bertz CT molecular complexity index is 512. The number of nitrogens with two attached hydrogens (primary N) is 1. The van der Waals surface area contributed by atoms with Crippen LogP contribution in [0.15, 0.2) is 18.2 Å². The van der Waals surface area contributed by atoms with Gasteiger partial charge in [0.2, 0.25) is 0 Å². The number of methoxy groups -OCH3 is 1. The fourth-order valence-corrected chi connectivity index (χ4v) is 1.70. The van der Waals surface area contributed by atoms with Gasteiger partial charge in [-0.25, -0.2) is 4.79 Å². The second kappa shape index (κ2) is 6.27. The van der Waals surface area contributed by atoms with Crippen molar-refractivity contribution in [3.8, 4) is 5.75 Å². The lowest BCUT2D eigenvalue weighted by molar-refractivity contribution is -0.124. The SMILES string of the molecule is COc1cc(N)cc(C(=O)OCC(=O)NCC2CC2)c1. The van der Waals surface area contributed by atoms with Crippen molar-refractivity contribution < 1.29 is 19.1 Å². The van der Waals surface area contributed by atoms with Crippen LogP contribution in [0.3, 0.4) is 0 Å². The zero-order chi connectivity index (χ0) is 14.5. The van der Waals surface area contributed by atoms with Gasteiger partial charge in [-0.1, -0.05) is 0 Å². The number of anilines is 1. The van der Waals surface area contributed by atoms with E-state index in [9.17, 15) is 9.59 Å². The van der Waals surface area contributed by atoms with Crippen molar-refractivity contribution in [2.75, 3.05) is 26.0 Å². The summed E-state index contributed by atoms with van der Waals surface area (Å²) in [5.41, 5.74) is 6.31. The molecule has 3 N–H and O–H groups in total. The molecular formula is C14H18N2O4. The number of amides is 1. The van der Waals surface area contributed by atoms with E-state index in [4.69, 9.17) is 15.2 Å². The molecule has 1 fully saturated rings. The highest BCUT2D eigenvalue weighted by atomic mass is 16.5. The fraction of sp³-hybridized carbons (Fsp3) is 0.429. The maximum atomic E-state index is 11.8. The number of rotatable bonds is 6. The van der Waals surface area contributed by atoms with Crippen LogP contribution in [0.4, 0.5) is 5.69 Å². The average molecular weight is 278 g/mol. The minimum Gasteiger partial charge on any atom is -0.497 e. The molecule has 20 heavy (non-hydrogen) atoms. The van der Waals surface area contributed by atoms with E-state index in [1.165, 1.54) is 19.2 Å². The van der Waals surface area contributed by atoms with Gasteiger partial charge in [0.1, 0.15) is 5.75 Å². The second-order valence-electron chi connectivity index (χ2n) is 4.82. The number of ether oxygens (including phenoxy) is 2. The Morgan fingerprint density at radius 1 is 1.35 bits per heavy atom. The Hall–Kier alpha value is -2.24. The third-order valence-corrected chi connectivity index (χ3v) is 3.02. The molecular weight excluding hydrogens is 260 g/mol. The highest BCUT2D eigenvalue weighted by Gasteiger charge is 2.21. The summed E-state index contributed by atoms with van der Waals surface area (Å²) in [7, 11) is 1.48. The van der Waals surface area contributed by atoms with Crippen LogP contribution in [-0.4, -0.2) is 32.1 Å². The van der Waals surface area contributed by atoms with Crippen LogP contribution in [-0.2, 0) is 9.53 Å². The normalized spacial score (nSPS) is 13.7. The third kappa shape index (κ3) is 4.15. The minimum absolute atomic E-state index is 0.261. The highest BCUT2D eigenvalue weighted by Crippen LogP contribution is 2.27. The third-order valence-electron chi connectivity index (χ3n) is 3.02. The molecule has 6 heteroatoms. The molecule has 0 radical (unpaired) electrons. The van der Waals surface area contributed by atoms with Crippen molar-refractivity contribution in [3.05, 3.63) is 23.8 Å². The van der Waals surface area contributed by atoms with Gasteiger partial charge in [-0.05, 0) is 30.9 Å². The monoisotopic (exact) mass is 278 g/mol. The number of nitrogen functional groups attached to an aromatic ring is 1. The Labute approximate surface area is 117 Å². The van der Waals surface area contributed by atoms with Crippen molar-refractivity contribution >= 4 is 17.6 Å². The van der Waals surface area contributed by atoms with Gasteiger partial charge in [-0.3, -0.25) is 4.79 Å². The molecule has 108 valence electrons. The summed E-state index contributed by atoms with van der Waals surface area (Å²) in [5, 5.41) is 2.72. The summed E-state index contributed by atoms with van der Waals surface area (Å²) in [4.78, 5) is 23.3. The molecule has 0 unspecified atom stereocenters. The van der Waals surface area contributed by atoms with Crippen LogP contribution >= 0.6 is 0 Å². The number of hydrogen-bond donors (Lipinski definition) is 2. The Balaban J connectivity index is 1.84. The predicted octanol–water partition coefficient (Wildman–Crippen LogP) is 0.960. The molecule has 1 aromatic carbocycles. The van der Waals surface area contributed by atoms with Crippen LogP contribution < -0.4 is 15.8 Å². The molecule has 1 aromatic rings. The van der Waals surface area contributed by atoms with Crippen LogP contribution in [0.5, 0.6) is 5.75 Å². The Morgan fingerprint density at radius 2 is 2.10 bits per heavy atom. The van der Waals surface area contributed by atoms with E-state index in [1.807, 2.05) is 0 Å². The number of nitrogens with one attached hydrogen (secondary N) is 1. The van der Waals surface area contributed by atoms with E-state index in [1.54, 1.807) is 6.07 Å². The zero-order valence-electron chi connectivity index (χ0n) is 11.3. The number of hydrogen-bond acceptors (Lipinski definition) is 5. The smallest absolute Gasteiger partial charge is 0.338 e. The topological polar surface area (TPSA) is 90.7 Å². The number of carbonyl (C=O) groups excluding carboxylic acids is 2. The summed E-state index contributed by atoms with van der Waals surface area (Å²) < 4.78 is 9.95. The van der Waals surface area contributed by atoms with Gasteiger partial charge in [-0.15, -0.1) is 0 Å². The lowest BCUT2D eigenvalue weighted by Crippen LogP contribution is -2.30. The van der Waals surface area contributed by atoms with Gasteiger partial charge < -0.3 is 20.5 Å². The molecule has 1 saturated carbocycles. The van der Waals surface area contributed by atoms with E-state index in [-0.39, 0.29) is 18.1 Å². The molecule has 0 spiro atoms.